The quantitative estimate of drug-likeness (QED) is 0.729. The van der Waals surface area contributed by atoms with Crippen LogP contribution in [0, 0.1) is 13.8 Å². The number of benzene rings is 1. The fraction of sp³-hybridized carbons (Fsp3) is 0.333. The lowest BCUT2D eigenvalue weighted by Gasteiger charge is -2.25. The van der Waals surface area contributed by atoms with Crippen LogP contribution in [0.1, 0.15) is 33.4 Å². The van der Waals surface area contributed by atoms with Crippen molar-refractivity contribution in [3.63, 3.8) is 0 Å². The Morgan fingerprint density at radius 1 is 1.19 bits per heavy atom. The third-order valence-corrected chi connectivity index (χ3v) is 4.74. The van der Waals surface area contributed by atoms with E-state index in [0.29, 0.717) is 12.2 Å². The normalized spacial score (nSPS) is 12.4. The summed E-state index contributed by atoms with van der Waals surface area (Å²) < 4.78 is 7.09. The van der Waals surface area contributed by atoms with Gasteiger partial charge in [0.2, 0.25) is 0 Å². The van der Waals surface area contributed by atoms with Crippen LogP contribution in [0.15, 0.2) is 42.6 Å². The molecule has 0 aliphatic carbocycles. The zero-order valence-corrected chi connectivity index (χ0v) is 16.5. The Morgan fingerprint density at radius 2 is 1.89 bits per heavy atom. The molecule has 3 aromatic rings. The van der Waals surface area contributed by atoms with Gasteiger partial charge < -0.3 is 15.0 Å². The van der Waals surface area contributed by atoms with Gasteiger partial charge in [-0.05, 0) is 57.3 Å². The molecule has 0 radical (unpaired) electrons. The lowest BCUT2D eigenvalue weighted by molar-refractivity contribution is 0.0935. The van der Waals surface area contributed by atoms with E-state index in [9.17, 15) is 4.79 Å². The molecule has 1 N–H and O–H groups in total. The average Bonchev–Trinajstić information content (AvgIpc) is 2.97. The van der Waals surface area contributed by atoms with Gasteiger partial charge in [-0.15, -0.1) is 0 Å². The Bertz CT molecular complexity index is 945. The van der Waals surface area contributed by atoms with Crippen molar-refractivity contribution >= 4 is 11.6 Å². The van der Waals surface area contributed by atoms with Crippen LogP contribution in [-0.2, 0) is 0 Å². The summed E-state index contributed by atoms with van der Waals surface area (Å²) in [7, 11) is 5.66. The summed E-state index contributed by atoms with van der Waals surface area (Å²) >= 11 is 0. The first-order valence-corrected chi connectivity index (χ1v) is 8.94. The smallest absolute Gasteiger partial charge is 0.270 e. The lowest BCUT2D eigenvalue weighted by atomic mass is 10.1. The largest absolute Gasteiger partial charge is 0.497 e. The van der Waals surface area contributed by atoms with Gasteiger partial charge in [0.1, 0.15) is 17.1 Å². The monoisotopic (exact) mass is 366 g/mol. The van der Waals surface area contributed by atoms with Gasteiger partial charge in [-0.25, -0.2) is 4.98 Å². The molecule has 0 saturated heterocycles. The van der Waals surface area contributed by atoms with E-state index in [4.69, 9.17) is 4.74 Å². The number of likely N-dealkylation sites (N-methyl/N-ethyl adjacent to an activating group) is 1. The minimum Gasteiger partial charge on any atom is -0.497 e. The fourth-order valence-corrected chi connectivity index (χ4v) is 3.24. The number of imidazole rings is 1. The number of amides is 1. The first-order chi connectivity index (χ1) is 12.9. The van der Waals surface area contributed by atoms with Crippen LogP contribution < -0.4 is 10.1 Å². The van der Waals surface area contributed by atoms with Crippen LogP contribution in [0.3, 0.4) is 0 Å². The van der Waals surface area contributed by atoms with Crippen molar-refractivity contribution in [2.45, 2.75) is 19.9 Å². The number of nitrogens with zero attached hydrogens (tertiary/aromatic N) is 3. The maximum atomic E-state index is 12.9. The molecule has 1 unspecified atom stereocenters. The Hall–Kier alpha value is -2.86. The van der Waals surface area contributed by atoms with Crippen molar-refractivity contribution in [2.75, 3.05) is 27.7 Å². The average molecular weight is 366 g/mol. The molecule has 2 aromatic heterocycles. The van der Waals surface area contributed by atoms with Crippen LogP contribution in [0.2, 0.25) is 0 Å². The minimum atomic E-state index is -0.119. The molecule has 0 aliphatic heterocycles. The predicted molar refractivity (Wildman–Crippen MR) is 106 cm³/mol. The van der Waals surface area contributed by atoms with E-state index < -0.39 is 0 Å². The number of aromatic nitrogens is 2. The minimum absolute atomic E-state index is 0.0566. The van der Waals surface area contributed by atoms with Crippen molar-refractivity contribution in [1.29, 1.82) is 0 Å². The number of carbonyl (C=O) groups is 1. The van der Waals surface area contributed by atoms with Gasteiger partial charge in [-0.2, -0.15) is 0 Å². The second kappa shape index (κ2) is 7.80. The summed E-state index contributed by atoms with van der Waals surface area (Å²) in [6, 6.07) is 11.9. The standard InChI is InChI=1S/C21H26N4O2/c1-14-6-11-19-23-15(2)20(25(19)13-14)21(26)22-12-18(24(3)4)16-7-9-17(27-5)10-8-16/h6-11,13,18H,12H2,1-5H3,(H,22,26). The van der Waals surface area contributed by atoms with Gasteiger partial charge in [0.25, 0.3) is 5.91 Å². The van der Waals surface area contributed by atoms with Crippen LogP contribution >= 0.6 is 0 Å². The number of ether oxygens (including phenoxy) is 1. The maximum absolute atomic E-state index is 12.9. The van der Waals surface area contributed by atoms with Crippen molar-refractivity contribution in [2.24, 2.45) is 0 Å². The van der Waals surface area contributed by atoms with E-state index in [1.54, 1.807) is 7.11 Å². The molecule has 1 amide bonds. The summed E-state index contributed by atoms with van der Waals surface area (Å²) in [6.07, 6.45) is 1.94. The molecule has 6 nitrogen and oxygen atoms in total. The van der Waals surface area contributed by atoms with Gasteiger partial charge in [-0.1, -0.05) is 18.2 Å². The number of carbonyl (C=O) groups excluding carboxylic acids is 1. The molecule has 0 fully saturated rings. The fourth-order valence-electron chi connectivity index (χ4n) is 3.24. The molecule has 6 heteroatoms. The summed E-state index contributed by atoms with van der Waals surface area (Å²) in [5.41, 5.74) is 4.29. The highest BCUT2D eigenvalue weighted by Gasteiger charge is 2.20. The molecule has 2 heterocycles. The third kappa shape index (κ3) is 3.95. The zero-order valence-electron chi connectivity index (χ0n) is 16.5. The van der Waals surface area contributed by atoms with Crippen LogP contribution in [-0.4, -0.2) is 47.9 Å². The second-order valence-corrected chi connectivity index (χ2v) is 6.94. The van der Waals surface area contributed by atoms with E-state index in [1.165, 1.54) is 0 Å². The number of hydrogen-bond donors (Lipinski definition) is 1. The van der Waals surface area contributed by atoms with E-state index in [1.807, 2.05) is 74.9 Å². The molecule has 3 rings (SSSR count). The zero-order chi connectivity index (χ0) is 19.6. The molecule has 0 aliphatic rings. The van der Waals surface area contributed by atoms with E-state index in [-0.39, 0.29) is 11.9 Å². The number of fused-ring (bicyclic) bond motifs is 1. The SMILES string of the molecule is COc1ccc(C(CNC(=O)c2c(C)nc3ccc(C)cn23)N(C)C)cc1. The summed E-state index contributed by atoms with van der Waals surface area (Å²) in [4.78, 5) is 19.5. The molecular weight excluding hydrogens is 340 g/mol. The molecule has 0 bridgehead atoms. The Labute approximate surface area is 159 Å². The highest BCUT2D eigenvalue weighted by Crippen LogP contribution is 2.21. The number of nitrogens with one attached hydrogen (secondary N) is 1. The van der Waals surface area contributed by atoms with Crippen molar-refractivity contribution < 1.29 is 9.53 Å². The number of pyridine rings is 1. The van der Waals surface area contributed by atoms with Gasteiger partial charge in [-0.3, -0.25) is 9.20 Å². The Kier molecular flexibility index (Phi) is 5.46. The second-order valence-electron chi connectivity index (χ2n) is 6.94. The lowest BCUT2D eigenvalue weighted by Crippen LogP contribution is -2.35. The van der Waals surface area contributed by atoms with Gasteiger partial charge >= 0.3 is 0 Å². The van der Waals surface area contributed by atoms with Crippen molar-refractivity contribution in [3.8, 4) is 5.75 Å². The highest BCUT2D eigenvalue weighted by atomic mass is 16.5. The van der Waals surface area contributed by atoms with E-state index in [2.05, 4.69) is 15.2 Å². The first kappa shape index (κ1) is 18.9. The summed E-state index contributed by atoms with van der Waals surface area (Å²) in [5, 5.41) is 3.07. The molecule has 27 heavy (non-hydrogen) atoms. The molecule has 0 spiro atoms. The predicted octanol–water partition coefficient (Wildman–Crippen LogP) is 2.99. The van der Waals surface area contributed by atoms with Crippen molar-refractivity contribution in [3.05, 3.63) is 65.1 Å². The number of hydrogen-bond acceptors (Lipinski definition) is 4. The van der Waals surface area contributed by atoms with E-state index in [0.717, 1.165) is 28.2 Å². The number of methoxy groups -OCH3 is 1. The van der Waals surface area contributed by atoms with Gasteiger partial charge in [0.05, 0.1) is 18.8 Å². The summed E-state index contributed by atoms with van der Waals surface area (Å²) in [5.74, 6) is 0.697. The Balaban J connectivity index is 1.80. The molecule has 0 saturated carbocycles. The molecular formula is C21H26N4O2. The number of rotatable bonds is 6. The Morgan fingerprint density at radius 3 is 2.52 bits per heavy atom. The molecule has 142 valence electrons. The van der Waals surface area contributed by atoms with Crippen molar-refractivity contribution in [1.82, 2.24) is 19.6 Å². The van der Waals surface area contributed by atoms with Crippen LogP contribution in [0.5, 0.6) is 5.75 Å². The third-order valence-electron chi connectivity index (χ3n) is 4.74. The maximum Gasteiger partial charge on any atom is 0.270 e. The highest BCUT2D eigenvalue weighted by molar-refractivity contribution is 5.94. The first-order valence-electron chi connectivity index (χ1n) is 8.94. The summed E-state index contributed by atoms with van der Waals surface area (Å²) in [6.45, 7) is 4.36. The van der Waals surface area contributed by atoms with Gasteiger partial charge in [0, 0.05) is 12.7 Å². The number of aryl methyl sites for hydroxylation is 2. The topological polar surface area (TPSA) is 58.9 Å². The van der Waals surface area contributed by atoms with Crippen LogP contribution in [0.25, 0.3) is 5.65 Å². The van der Waals surface area contributed by atoms with Gasteiger partial charge in [0.15, 0.2) is 0 Å². The molecule has 1 atom stereocenters. The van der Waals surface area contributed by atoms with E-state index >= 15 is 0 Å². The van der Waals surface area contributed by atoms with Crippen LogP contribution in [0.4, 0.5) is 0 Å². The molecule has 1 aromatic carbocycles.